The lowest BCUT2D eigenvalue weighted by atomic mass is 9.99. The number of carbonyl (C=O) groups is 2. The highest BCUT2D eigenvalue weighted by Crippen LogP contribution is 2.37. The molecule has 0 aromatic heterocycles. The molecule has 0 fully saturated rings. The van der Waals surface area contributed by atoms with Crippen LogP contribution >= 0.6 is 11.6 Å². The molecular formula is C26H23ClN2O4. The van der Waals surface area contributed by atoms with Gasteiger partial charge in [-0.15, -0.1) is 0 Å². The quantitative estimate of drug-likeness (QED) is 0.499. The number of anilines is 2. The Morgan fingerprint density at radius 3 is 2.30 bits per heavy atom. The van der Waals surface area contributed by atoms with E-state index in [1.165, 1.54) is 7.11 Å². The summed E-state index contributed by atoms with van der Waals surface area (Å²) < 4.78 is 10.7. The van der Waals surface area contributed by atoms with Crippen LogP contribution in [0.15, 0.2) is 66.4 Å². The third kappa shape index (κ3) is 4.17. The molecule has 0 saturated heterocycles. The molecule has 33 heavy (non-hydrogen) atoms. The normalized spacial score (nSPS) is 13.5. The summed E-state index contributed by atoms with van der Waals surface area (Å²) in [7, 11) is 3.09. The Balaban J connectivity index is 1.86. The Morgan fingerprint density at radius 2 is 1.64 bits per heavy atom. The Labute approximate surface area is 197 Å². The van der Waals surface area contributed by atoms with Gasteiger partial charge in [0, 0.05) is 11.1 Å². The second kappa shape index (κ2) is 9.00. The molecular weight excluding hydrogens is 440 g/mol. The molecule has 1 aliphatic heterocycles. The number of aryl methyl sites for hydroxylation is 2. The molecule has 0 spiro atoms. The molecule has 3 aromatic carbocycles. The number of methoxy groups -OCH3 is 2. The highest BCUT2D eigenvalue weighted by Gasteiger charge is 2.40. The number of hydrogen-bond acceptors (Lipinski definition) is 5. The van der Waals surface area contributed by atoms with Crippen LogP contribution in [0, 0.1) is 13.8 Å². The van der Waals surface area contributed by atoms with E-state index in [0.29, 0.717) is 33.5 Å². The Kier molecular flexibility index (Phi) is 6.11. The summed E-state index contributed by atoms with van der Waals surface area (Å²) in [5.41, 5.74) is 4.13. The van der Waals surface area contributed by atoms with E-state index in [1.54, 1.807) is 49.6 Å². The molecule has 6 nitrogen and oxygen atoms in total. The average Bonchev–Trinajstić information content (AvgIpc) is 3.05. The number of rotatable bonds is 6. The van der Waals surface area contributed by atoms with Crippen molar-refractivity contribution in [1.29, 1.82) is 0 Å². The molecule has 2 amide bonds. The van der Waals surface area contributed by atoms with E-state index in [4.69, 9.17) is 21.1 Å². The zero-order valence-corrected chi connectivity index (χ0v) is 19.5. The van der Waals surface area contributed by atoms with Gasteiger partial charge in [0.25, 0.3) is 11.8 Å². The van der Waals surface area contributed by atoms with E-state index in [-0.39, 0.29) is 11.3 Å². The zero-order chi connectivity index (χ0) is 23.7. The number of benzene rings is 3. The second-order valence-corrected chi connectivity index (χ2v) is 8.10. The minimum absolute atomic E-state index is 0.159. The minimum Gasteiger partial charge on any atom is -0.497 e. The number of carbonyl (C=O) groups excluding carboxylic acids is 2. The number of nitrogens with one attached hydrogen (secondary N) is 1. The van der Waals surface area contributed by atoms with E-state index in [2.05, 4.69) is 5.32 Å². The predicted octanol–water partition coefficient (Wildman–Crippen LogP) is 5.37. The molecule has 0 radical (unpaired) electrons. The van der Waals surface area contributed by atoms with Crippen molar-refractivity contribution in [3.05, 3.63) is 88.1 Å². The molecule has 0 aliphatic carbocycles. The average molecular weight is 463 g/mol. The largest absolute Gasteiger partial charge is 0.497 e. The molecule has 1 heterocycles. The molecule has 1 N–H and O–H groups in total. The lowest BCUT2D eigenvalue weighted by Gasteiger charge is -2.16. The Bertz CT molecular complexity index is 1300. The van der Waals surface area contributed by atoms with Crippen LogP contribution in [-0.2, 0) is 9.59 Å². The van der Waals surface area contributed by atoms with Crippen LogP contribution in [0.2, 0.25) is 5.02 Å². The lowest BCUT2D eigenvalue weighted by Crippen LogP contribution is -2.32. The van der Waals surface area contributed by atoms with Gasteiger partial charge in [0.2, 0.25) is 0 Å². The fourth-order valence-corrected chi connectivity index (χ4v) is 3.88. The van der Waals surface area contributed by atoms with Crippen LogP contribution in [-0.4, -0.2) is 26.0 Å². The predicted molar refractivity (Wildman–Crippen MR) is 130 cm³/mol. The third-order valence-corrected chi connectivity index (χ3v) is 5.85. The van der Waals surface area contributed by atoms with Crippen LogP contribution in [0.25, 0.3) is 5.57 Å². The smallest absolute Gasteiger partial charge is 0.282 e. The fraction of sp³-hybridized carbons (Fsp3) is 0.154. The lowest BCUT2D eigenvalue weighted by molar-refractivity contribution is -0.120. The fourth-order valence-electron chi connectivity index (χ4n) is 3.70. The molecule has 3 aromatic rings. The molecule has 1 aliphatic rings. The maximum Gasteiger partial charge on any atom is 0.282 e. The maximum absolute atomic E-state index is 13.6. The molecule has 0 unspecified atom stereocenters. The second-order valence-electron chi connectivity index (χ2n) is 7.67. The Hall–Kier alpha value is -3.77. The van der Waals surface area contributed by atoms with Crippen LogP contribution in [0.1, 0.15) is 16.7 Å². The van der Waals surface area contributed by atoms with Crippen molar-refractivity contribution >= 4 is 40.4 Å². The number of nitrogens with zero attached hydrogens (tertiary/aromatic N) is 1. The van der Waals surface area contributed by atoms with Gasteiger partial charge in [-0.3, -0.25) is 9.59 Å². The summed E-state index contributed by atoms with van der Waals surface area (Å²) in [6.45, 7) is 3.96. The van der Waals surface area contributed by atoms with Gasteiger partial charge in [0.15, 0.2) is 0 Å². The first-order chi connectivity index (χ1) is 15.8. The Morgan fingerprint density at radius 1 is 0.848 bits per heavy atom. The van der Waals surface area contributed by atoms with Gasteiger partial charge in [-0.1, -0.05) is 35.9 Å². The van der Waals surface area contributed by atoms with E-state index >= 15 is 0 Å². The van der Waals surface area contributed by atoms with Crippen molar-refractivity contribution < 1.29 is 19.1 Å². The monoisotopic (exact) mass is 462 g/mol. The summed E-state index contributed by atoms with van der Waals surface area (Å²) in [6.07, 6.45) is 0. The standard InChI is InChI=1S/C26H23ClN2O4/c1-15-8-9-17(12-16(15)2)23-24(28-21-11-10-20(32-3)14-22(21)33-4)26(31)29(25(23)30)19-7-5-6-18(27)13-19/h5-14,28H,1-4H3. The van der Waals surface area contributed by atoms with Crippen LogP contribution in [0.3, 0.4) is 0 Å². The summed E-state index contributed by atoms with van der Waals surface area (Å²) in [5, 5.41) is 3.57. The van der Waals surface area contributed by atoms with Crippen molar-refractivity contribution in [2.75, 3.05) is 24.4 Å². The van der Waals surface area contributed by atoms with E-state index in [0.717, 1.165) is 16.0 Å². The van der Waals surface area contributed by atoms with Gasteiger partial charge in [0.1, 0.15) is 17.2 Å². The van der Waals surface area contributed by atoms with E-state index in [9.17, 15) is 9.59 Å². The van der Waals surface area contributed by atoms with E-state index in [1.807, 2.05) is 32.0 Å². The van der Waals surface area contributed by atoms with Crippen molar-refractivity contribution in [2.24, 2.45) is 0 Å². The van der Waals surface area contributed by atoms with Gasteiger partial charge < -0.3 is 14.8 Å². The highest BCUT2D eigenvalue weighted by molar-refractivity contribution is 6.46. The third-order valence-electron chi connectivity index (χ3n) is 5.61. The summed E-state index contributed by atoms with van der Waals surface area (Å²) in [6, 6.07) is 17.5. The molecule has 7 heteroatoms. The summed E-state index contributed by atoms with van der Waals surface area (Å²) in [4.78, 5) is 28.3. The first-order valence-electron chi connectivity index (χ1n) is 10.3. The van der Waals surface area contributed by atoms with Crippen molar-refractivity contribution in [3.63, 3.8) is 0 Å². The number of amides is 2. The van der Waals surface area contributed by atoms with Gasteiger partial charge >= 0.3 is 0 Å². The summed E-state index contributed by atoms with van der Waals surface area (Å²) >= 11 is 6.14. The minimum atomic E-state index is -0.478. The van der Waals surface area contributed by atoms with Crippen molar-refractivity contribution in [3.8, 4) is 11.5 Å². The van der Waals surface area contributed by atoms with Gasteiger partial charge in [0.05, 0.1) is 31.2 Å². The summed E-state index contributed by atoms with van der Waals surface area (Å²) in [5.74, 6) is 0.173. The number of ether oxygens (including phenoxy) is 2. The molecule has 4 rings (SSSR count). The van der Waals surface area contributed by atoms with Crippen molar-refractivity contribution in [1.82, 2.24) is 0 Å². The van der Waals surface area contributed by atoms with Crippen LogP contribution < -0.4 is 19.7 Å². The number of imide groups is 1. The molecule has 0 saturated carbocycles. The zero-order valence-electron chi connectivity index (χ0n) is 18.7. The first kappa shape index (κ1) is 22.4. The number of halogens is 1. The van der Waals surface area contributed by atoms with Crippen LogP contribution in [0.4, 0.5) is 11.4 Å². The van der Waals surface area contributed by atoms with Gasteiger partial charge in [-0.2, -0.15) is 0 Å². The van der Waals surface area contributed by atoms with E-state index < -0.39 is 11.8 Å². The number of hydrogen-bond donors (Lipinski definition) is 1. The van der Waals surface area contributed by atoms with Gasteiger partial charge in [-0.25, -0.2) is 4.90 Å². The van der Waals surface area contributed by atoms with Crippen molar-refractivity contribution in [2.45, 2.75) is 13.8 Å². The maximum atomic E-state index is 13.6. The molecule has 0 atom stereocenters. The van der Waals surface area contributed by atoms with Gasteiger partial charge in [-0.05, 0) is 60.9 Å². The van der Waals surface area contributed by atoms with Crippen LogP contribution in [0.5, 0.6) is 11.5 Å². The topological polar surface area (TPSA) is 67.9 Å². The molecule has 168 valence electrons. The first-order valence-corrected chi connectivity index (χ1v) is 10.7. The highest BCUT2D eigenvalue weighted by atomic mass is 35.5. The SMILES string of the molecule is COc1ccc(NC2=C(c3ccc(C)c(C)c3)C(=O)N(c3cccc(Cl)c3)C2=O)c(OC)c1. The molecule has 0 bridgehead atoms.